The Balaban J connectivity index is 2.24. The highest BCUT2D eigenvalue weighted by molar-refractivity contribution is 6.94. The Bertz CT molecular complexity index is 1140. The van der Waals surface area contributed by atoms with Crippen LogP contribution in [0.2, 0.25) is 0 Å². The van der Waals surface area contributed by atoms with Gasteiger partial charge in [0.1, 0.15) is 0 Å². The fourth-order valence-electron chi connectivity index (χ4n) is 4.96. The molecule has 4 aliphatic heterocycles. The number of hydrogen-bond donors (Lipinski definition) is 0. The Kier molecular flexibility index (Phi) is 15.5. The number of rotatable bonds is 17. The molecule has 4 unspecified atom stereocenters. The van der Waals surface area contributed by atoms with Gasteiger partial charge in [0, 0.05) is 55.9 Å². The van der Waals surface area contributed by atoms with Crippen LogP contribution in [0.4, 0.5) is 0 Å². The summed E-state index contributed by atoms with van der Waals surface area (Å²) in [5.74, 6) is 0. The predicted octanol–water partition coefficient (Wildman–Crippen LogP) is 3.04. The maximum absolute atomic E-state index is 6.94. The van der Waals surface area contributed by atoms with Crippen LogP contribution < -0.4 is 0 Å². The zero-order valence-corrected chi connectivity index (χ0v) is 42.0. The van der Waals surface area contributed by atoms with Crippen LogP contribution in [0.3, 0.4) is 0 Å². The van der Waals surface area contributed by atoms with Crippen LogP contribution in [0.15, 0.2) is 0 Å². The SMILES string of the molecule is CO[Si]1(OC(C)C)O[Si]2(OC(C)C)O[Si@]3(OC(C)C)O[Si@H](OC(C)C)O[Si]4(OC(C)C)O[Si](OC(C)C)(O3)O[Si@@](OC(C)C)(O2)O[Si@@](OC(C)C)(O1)O4. The lowest BCUT2D eigenvalue weighted by Crippen LogP contribution is -2.87. The first-order chi connectivity index (χ1) is 24.3. The second kappa shape index (κ2) is 17.7. The molecule has 0 aromatic carbocycles. The molecule has 6 bridgehead atoms. The molecule has 53 heavy (non-hydrogen) atoms. The van der Waals surface area contributed by atoms with Crippen LogP contribution in [-0.4, -0.2) is 129 Å². The van der Waals surface area contributed by atoms with Gasteiger partial charge < -0.3 is 85.1 Å². The monoisotopic (exact) mass is 904 g/mol. The van der Waals surface area contributed by atoms with Crippen LogP contribution in [0.25, 0.3) is 0 Å². The lowest BCUT2D eigenvalue weighted by molar-refractivity contribution is -0.156. The van der Waals surface area contributed by atoms with Crippen LogP contribution in [0.5, 0.6) is 0 Å². The summed E-state index contributed by atoms with van der Waals surface area (Å²) in [5.41, 5.74) is 0. The molecule has 0 spiro atoms. The van der Waals surface area contributed by atoms with E-state index in [0.717, 1.165) is 0 Å². The van der Waals surface area contributed by atoms with Crippen LogP contribution in [0.1, 0.15) is 111 Å². The molecule has 312 valence electrons. The Hall–Kier alpha value is 0.935. The third-order valence-corrected chi connectivity index (χ3v) is 34.5. The fourth-order valence-corrected chi connectivity index (χ4v) is 38.7. The zero-order valence-electron chi connectivity index (χ0n) is 33.9. The highest BCUT2D eigenvalue weighted by atomic mass is 28.6. The topological polar surface area (TPSA) is 185 Å². The van der Waals surface area contributed by atoms with E-state index in [-0.39, 0.29) is 0 Å². The van der Waals surface area contributed by atoms with Gasteiger partial charge in [0.2, 0.25) is 0 Å². The van der Waals surface area contributed by atoms with E-state index in [4.69, 9.17) is 85.1 Å². The van der Waals surface area contributed by atoms with Gasteiger partial charge in [0.25, 0.3) is 0 Å². The Morgan fingerprint density at radius 1 is 0.321 bits per heavy atom. The summed E-state index contributed by atoms with van der Waals surface area (Å²) in [5, 5.41) is 0. The minimum atomic E-state index is -4.98. The summed E-state index contributed by atoms with van der Waals surface area (Å²) >= 11 is 0. The molecule has 4 aliphatic rings. The molecule has 4 fully saturated rings. The molecule has 0 saturated carbocycles. The third kappa shape index (κ3) is 12.0. The lowest BCUT2D eigenvalue weighted by atomic mass is 10.5. The average Bonchev–Trinajstić information content (AvgIpc) is 2.86. The smallest absolute Gasteiger partial charge is 0.374 e. The van der Waals surface area contributed by atoms with Gasteiger partial charge in [0.15, 0.2) is 0 Å². The summed E-state index contributed by atoms with van der Waals surface area (Å²) in [6.45, 7) is 28.0. The van der Waals surface area contributed by atoms with Crippen molar-refractivity contribution in [2.45, 2.75) is 160 Å². The van der Waals surface area contributed by atoms with Gasteiger partial charge in [-0.3, -0.25) is 0 Å². The van der Waals surface area contributed by atoms with Crippen molar-refractivity contribution >= 4 is 72.9 Å². The van der Waals surface area contributed by atoms with E-state index >= 15 is 0 Å². The van der Waals surface area contributed by atoms with Crippen LogP contribution in [-0.2, 0) is 85.1 Å². The first-order valence-electron chi connectivity index (χ1n) is 18.0. The van der Waals surface area contributed by atoms with Crippen molar-refractivity contribution in [3.63, 3.8) is 0 Å². The largest absolute Gasteiger partial charge is 0.668 e. The summed E-state index contributed by atoms with van der Waals surface area (Å²) in [7, 11) is -36.5. The number of fused-ring (bicyclic) bond motifs is 4. The quantitative estimate of drug-likeness (QED) is 0.194. The van der Waals surface area contributed by atoms with Gasteiger partial charge in [-0.1, -0.05) is 0 Å². The molecular formula is C25H60O20Si8. The van der Waals surface area contributed by atoms with Crippen molar-refractivity contribution in [1.29, 1.82) is 0 Å². The highest BCUT2D eigenvalue weighted by Crippen LogP contribution is 2.47. The van der Waals surface area contributed by atoms with Crippen molar-refractivity contribution in [1.82, 2.24) is 0 Å². The molecule has 4 heterocycles. The lowest BCUT2D eigenvalue weighted by Gasteiger charge is -2.55. The van der Waals surface area contributed by atoms with E-state index in [0.29, 0.717) is 0 Å². The van der Waals surface area contributed by atoms with E-state index in [1.165, 1.54) is 7.11 Å². The minimum Gasteiger partial charge on any atom is -0.374 e. The van der Waals surface area contributed by atoms with Crippen molar-refractivity contribution < 1.29 is 85.1 Å². The van der Waals surface area contributed by atoms with E-state index in [1.54, 1.807) is 111 Å². The van der Waals surface area contributed by atoms with Gasteiger partial charge in [-0.05, 0) is 111 Å². The van der Waals surface area contributed by atoms with Gasteiger partial charge in [-0.15, -0.1) is 0 Å². The van der Waals surface area contributed by atoms with E-state index in [2.05, 4.69) is 0 Å². The maximum atomic E-state index is 6.94. The molecule has 0 aliphatic carbocycles. The Morgan fingerprint density at radius 3 is 0.811 bits per heavy atom. The highest BCUT2D eigenvalue weighted by Gasteiger charge is 2.87. The number of hydrogen-bond acceptors (Lipinski definition) is 20. The Labute approximate surface area is 323 Å². The van der Waals surface area contributed by atoms with Crippen LogP contribution in [0, 0.1) is 0 Å². The van der Waals surface area contributed by atoms with E-state index in [9.17, 15) is 0 Å². The molecule has 0 aromatic rings. The van der Waals surface area contributed by atoms with Crippen molar-refractivity contribution in [2.24, 2.45) is 0 Å². The van der Waals surface area contributed by atoms with E-state index in [1.807, 2.05) is 0 Å². The van der Waals surface area contributed by atoms with E-state index < -0.39 is 122 Å². The Morgan fingerprint density at radius 2 is 0.566 bits per heavy atom. The van der Waals surface area contributed by atoms with Gasteiger partial charge >= 0.3 is 72.9 Å². The normalized spacial score (nSPS) is 39.5. The summed E-state index contributed by atoms with van der Waals surface area (Å²) in [4.78, 5) is 0. The van der Waals surface area contributed by atoms with Crippen molar-refractivity contribution in [3.8, 4) is 0 Å². The summed E-state index contributed by atoms with van der Waals surface area (Å²) < 4.78 is 134. The van der Waals surface area contributed by atoms with Gasteiger partial charge in [0.05, 0.1) is 0 Å². The molecule has 8 atom stereocenters. The zero-order chi connectivity index (χ0) is 39.8. The third-order valence-electron chi connectivity index (χ3n) is 6.02. The first-order valence-corrected chi connectivity index (χ1v) is 30.8. The fraction of sp³-hybridized carbons (Fsp3) is 1.00. The average molecular weight is 905 g/mol. The molecule has 4 saturated heterocycles. The maximum Gasteiger partial charge on any atom is 0.668 e. The first kappa shape index (κ1) is 46.6. The summed E-state index contributed by atoms with van der Waals surface area (Å²) in [6.07, 6.45) is -4.82. The molecule has 20 nitrogen and oxygen atoms in total. The van der Waals surface area contributed by atoms with Gasteiger partial charge in [-0.2, -0.15) is 0 Å². The predicted molar refractivity (Wildman–Crippen MR) is 196 cm³/mol. The standard InChI is InChI=1S/C25H60O20Si8/c1-18(2)27-46-35-48(29-20(5)6)39-50(31-22(9)10)37-47(26-17,28-19(3)4)38-51(32-23(11)12)40-49(36-46,30-21(7)8)42-52(41-48,33-24(13)14)45-53(43-50,44-51)34-25(15)16/h18-25,46H,1-17H3/t46-,47?,48-,49?,50?,51-,52?,53-/m0/s1. The minimum absolute atomic E-state index is 0.447. The second-order valence-corrected chi connectivity index (χ2v) is 33.6. The van der Waals surface area contributed by atoms with Crippen molar-refractivity contribution in [3.05, 3.63) is 0 Å². The molecule has 28 heteroatoms. The summed E-state index contributed by atoms with van der Waals surface area (Å²) in [6, 6.07) is 0. The molecule has 0 radical (unpaired) electrons. The van der Waals surface area contributed by atoms with Crippen molar-refractivity contribution in [2.75, 3.05) is 7.11 Å². The van der Waals surface area contributed by atoms with Gasteiger partial charge in [-0.25, -0.2) is 0 Å². The van der Waals surface area contributed by atoms with Crippen LogP contribution >= 0.6 is 0 Å². The molecule has 4 rings (SSSR count). The second-order valence-electron chi connectivity index (χ2n) is 14.5. The molecule has 0 N–H and O–H groups in total. The molecular weight excluding hydrogens is 845 g/mol. The molecule has 0 amide bonds. The molecule has 0 aromatic heterocycles.